The van der Waals surface area contributed by atoms with Crippen LogP contribution in [0.2, 0.25) is 0 Å². The van der Waals surface area contributed by atoms with Gasteiger partial charge in [-0.25, -0.2) is 4.98 Å². The Balaban J connectivity index is 1.49. The fourth-order valence-corrected chi connectivity index (χ4v) is 3.25. The van der Waals surface area contributed by atoms with E-state index in [0.717, 1.165) is 21.8 Å². The Morgan fingerprint density at radius 2 is 1.88 bits per heavy atom. The molecule has 26 heavy (non-hydrogen) atoms. The van der Waals surface area contributed by atoms with E-state index in [4.69, 9.17) is 13.9 Å². The molecule has 0 radical (unpaired) electrons. The predicted octanol–water partition coefficient (Wildman–Crippen LogP) is 3.92. The van der Waals surface area contributed by atoms with Crippen LogP contribution in [0.5, 0.6) is 11.5 Å². The summed E-state index contributed by atoms with van der Waals surface area (Å²) in [6.45, 7) is 0. The molecule has 2 aromatic carbocycles. The summed E-state index contributed by atoms with van der Waals surface area (Å²) >= 11 is 1.51. The first kappa shape index (κ1) is 16.5. The number of para-hydroxylation sites is 2. The van der Waals surface area contributed by atoms with E-state index in [0.29, 0.717) is 29.0 Å². The number of benzene rings is 2. The van der Waals surface area contributed by atoms with Crippen LogP contribution in [0.4, 0.5) is 0 Å². The number of nitrogens with one attached hydrogen (secondary N) is 1. The largest absolute Gasteiger partial charge is 0.493 e. The molecule has 4 aromatic rings. The number of thioether (sulfide) groups is 1. The number of rotatable bonds is 6. The van der Waals surface area contributed by atoms with E-state index in [1.54, 1.807) is 20.3 Å². The van der Waals surface area contributed by atoms with Crippen LogP contribution in [0.3, 0.4) is 0 Å². The summed E-state index contributed by atoms with van der Waals surface area (Å²) in [7, 11) is 3.18. The van der Waals surface area contributed by atoms with Crippen molar-refractivity contribution < 1.29 is 13.9 Å². The Morgan fingerprint density at radius 3 is 2.69 bits per heavy atom. The van der Waals surface area contributed by atoms with Crippen molar-refractivity contribution in [3.8, 4) is 23.0 Å². The molecule has 0 spiro atoms. The van der Waals surface area contributed by atoms with Crippen LogP contribution < -0.4 is 9.47 Å². The highest BCUT2D eigenvalue weighted by atomic mass is 32.2. The summed E-state index contributed by atoms with van der Waals surface area (Å²) in [6.07, 6.45) is 0. The lowest BCUT2D eigenvalue weighted by Gasteiger charge is -2.07. The SMILES string of the molecule is COc1ccc(-c2nnc(CSc3nc4ccccc4[nH]3)o2)cc1OC. The van der Waals surface area contributed by atoms with E-state index in [-0.39, 0.29) is 0 Å². The second kappa shape index (κ2) is 7.09. The van der Waals surface area contributed by atoms with E-state index in [9.17, 15) is 0 Å². The van der Waals surface area contributed by atoms with Gasteiger partial charge in [0.25, 0.3) is 0 Å². The van der Waals surface area contributed by atoms with E-state index >= 15 is 0 Å². The Labute approximate surface area is 153 Å². The summed E-state index contributed by atoms with van der Waals surface area (Å²) in [5.74, 6) is 2.75. The Morgan fingerprint density at radius 1 is 1.04 bits per heavy atom. The molecule has 0 aliphatic heterocycles. The fraction of sp³-hybridized carbons (Fsp3) is 0.167. The van der Waals surface area contributed by atoms with Gasteiger partial charge in [0.2, 0.25) is 11.8 Å². The smallest absolute Gasteiger partial charge is 0.247 e. The van der Waals surface area contributed by atoms with Crippen molar-refractivity contribution in [2.75, 3.05) is 14.2 Å². The number of ether oxygens (including phenoxy) is 2. The third kappa shape index (κ3) is 3.23. The molecule has 0 amide bonds. The van der Waals surface area contributed by atoms with Crippen molar-refractivity contribution in [3.63, 3.8) is 0 Å². The van der Waals surface area contributed by atoms with Gasteiger partial charge < -0.3 is 18.9 Å². The molecular formula is C18H16N4O3S. The van der Waals surface area contributed by atoms with Crippen molar-refractivity contribution in [3.05, 3.63) is 48.4 Å². The van der Waals surface area contributed by atoms with Gasteiger partial charge in [0, 0.05) is 5.56 Å². The van der Waals surface area contributed by atoms with Crippen molar-refractivity contribution >= 4 is 22.8 Å². The maximum Gasteiger partial charge on any atom is 0.247 e. The summed E-state index contributed by atoms with van der Waals surface area (Å²) in [5, 5.41) is 9.04. The minimum Gasteiger partial charge on any atom is -0.493 e. The molecule has 132 valence electrons. The van der Waals surface area contributed by atoms with Gasteiger partial charge in [-0.15, -0.1) is 10.2 Å². The quantitative estimate of drug-likeness (QED) is 0.516. The zero-order valence-corrected chi connectivity index (χ0v) is 15.0. The lowest BCUT2D eigenvalue weighted by Crippen LogP contribution is -1.90. The average molecular weight is 368 g/mol. The zero-order chi connectivity index (χ0) is 17.9. The molecule has 2 aromatic heterocycles. The fourth-order valence-electron chi connectivity index (χ4n) is 2.53. The predicted molar refractivity (Wildman–Crippen MR) is 98.5 cm³/mol. The van der Waals surface area contributed by atoms with E-state index < -0.39 is 0 Å². The molecule has 0 aliphatic carbocycles. The molecular weight excluding hydrogens is 352 g/mol. The van der Waals surface area contributed by atoms with Gasteiger partial charge in [0.1, 0.15) is 0 Å². The summed E-state index contributed by atoms with van der Waals surface area (Å²) < 4.78 is 16.3. The number of fused-ring (bicyclic) bond motifs is 1. The maximum absolute atomic E-state index is 5.76. The van der Waals surface area contributed by atoms with E-state index in [1.807, 2.05) is 36.4 Å². The number of imidazole rings is 1. The zero-order valence-electron chi connectivity index (χ0n) is 14.2. The first-order valence-corrected chi connectivity index (χ1v) is 8.87. The number of hydrogen-bond acceptors (Lipinski definition) is 7. The first-order valence-electron chi connectivity index (χ1n) is 7.89. The van der Waals surface area contributed by atoms with Gasteiger partial charge in [0.15, 0.2) is 16.7 Å². The van der Waals surface area contributed by atoms with Gasteiger partial charge in [-0.1, -0.05) is 23.9 Å². The number of aromatic nitrogens is 4. The molecule has 7 nitrogen and oxygen atoms in total. The van der Waals surface area contributed by atoms with E-state index in [1.165, 1.54) is 11.8 Å². The first-order chi connectivity index (χ1) is 12.8. The Bertz CT molecular complexity index is 1010. The van der Waals surface area contributed by atoms with Crippen LogP contribution in [0.15, 0.2) is 52.0 Å². The normalized spacial score (nSPS) is 11.0. The summed E-state index contributed by atoms with van der Waals surface area (Å²) in [4.78, 5) is 7.79. The molecule has 8 heteroatoms. The van der Waals surface area contributed by atoms with Crippen LogP contribution in [-0.2, 0) is 5.75 Å². The van der Waals surface area contributed by atoms with Gasteiger partial charge in [-0.3, -0.25) is 0 Å². The Hall–Kier alpha value is -3.00. The Kier molecular flexibility index (Phi) is 4.49. The molecule has 0 saturated heterocycles. The van der Waals surface area contributed by atoms with Crippen molar-refractivity contribution in [2.45, 2.75) is 10.9 Å². The lowest BCUT2D eigenvalue weighted by molar-refractivity contribution is 0.355. The number of methoxy groups -OCH3 is 2. The average Bonchev–Trinajstić information content (AvgIpc) is 3.32. The monoisotopic (exact) mass is 368 g/mol. The highest BCUT2D eigenvalue weighted by Crippen LogP contribution is 2.32. The highest BCUT2D eigenvalue weighted by molar-refractivity contribution is 7.98. The van der Waals surface area contributed by atoms with Crippen molar-refractivity contribution in [1.82, 2.24) is 20.2 Å². The number of nitrogens with zero attached hydrogens (tertiary/aromatic N) is 3. The molecule has 2 heterocycles. The molecule has 1 N–H and O–H groups in total. The molecule has 0 aliphatic rings. The van der Waals surface area contributed by atoms with Crippen molar-refractivity contribution in [1.29, 1.82) is 0 Å². The van der Waals surface area contributed by atoms with Crippen LogP contribution in [0.1, 0.15) is 5.89 Å². The minimum atomic E-state index is 0.436. The van der Waals surface area contributed by atoms with Crippen LogP contribution in [0, 0.1) is 0 Å². The van der Waals surface area contributed by atoms with Gasteiger partial charge in [0.05, 0.1) is 31.0 Å². The van der Waals surface area contributed by atoms with Crippen LogP contribution in [-0.4, -0.2) is 34.4 Å². The standard InChI is InChI=1S/C18H16N4O3S/c1-23-14-8-7-11(9-15(14)24-2)17-22-21-16(25-17)10-26-18-19-12-5-3-4-6-13(12)20-18/h3-9H,10H2,1-2H3,(H,19,20). The number of H-pyrrole nitrogens is 1. The van der Waals surface area contributed by atoms with Gasteiger partial charge in [-0.05, 0) is 30.3 Å². The highest BCUT2D eigenvalue weighted by Gasteiger charge is 2.13. The minimum absolute atomic E-state index is 0.436. The van der Waals surface area contributed by atoms with Crippen LogP contribution >= 0.6 is 11.8 Å². The molecule has 0 unspecified atom stereocenters. The van der Waals surface area contributed by atoms with Crippen LogP contribution in [0.25, 0.3) is 22.5 Å². The lowest BCUT2D eigenvalue weighted by atomic mass is 10.2. The van der Waals surface area contributed by atoms with Gasteiger partial charge in [-0.2, -0.15) is 0 Å². The molecule has 0 bridgehead atoms. The third-order valence-corrected chi connectivity index (χ3v) is 4.66. The molecule has 0 atom stereocenters. The summed E-state index contributed by atoms with van der Waals surface area (Å²) in [6, 6.07) is 13.4. The second-order valence-electron chi connectivity index (χ2n) is 5.42. The molecule has 4 rings (SSSR count). The van der Waals surface area contributed by atoms with E-state index in [2.05, 4.69) is 20.2 Å². The van der Waals surface area contributed by atoms with Gasteiger partial charge >= 0.3 is 0 Å². The van der Waals surface area contributed by atoms with Crippen molar-refractivity contribution in [2.24, 2.45) is 0 Å². The number of aromatic amines is 1. The maximum atomic E-state index is 5.76. The third-order valence-electron chi connectivity index (χ3n) is 3.80. The molecule has 0 saturated carbocycles. The topological polar surface area (TPSA) is 86.1 Å². The molecule has 0 fully saturated rings. The summed E-state index contributed by atoms with van der Waals surface area (Å²) in [5.41, 5.74) is 2.72. The second-order valence-corrected chi connectivity index (χ2v) is 6.38. The number of hydrogen-bond donors (Lipinski definition) is 1.